The summed E-state index contributed by atoms with van der Waals surface area (Å²) in [5.41, 5.74) is 7.22. The summed E-state index contributed by atoms with van der Waals surface area (Å²) >= 11 is 0. The molecule has 0 spiro atoms. The number of aromatic nitrogens is 2. The molecule has 0 aliphatic heterocycles. The van der Waals surface area contributed by atoms with Crippen LogP contribution in [0.5, 0.6) is 0 Å². The number of aromatic amines is 1. The molecule has 3 amide bonds. The number of nitrogens with one attached hydrogen (secondary N) is 4. The van der Waals surface area contributed by atoms with E-state index in [2.05, 4.69) is 25.9 Å². The van der Waals surface area contributed by atoms with E-state index in [1.54, 1.807) is 38.1 Å². The van der Waals surface area contributed by atoms with Crippen molar-refractivity contribution in [2.24, 2.45) is 11.7 Å². The van der Waals surface area contributed by atoms with Crippen LogP contribution < -0.4 is 21.7 Å². The van der Waals surface area contributed by atoms with Gasteiger partial charge in [-0.2, -0.15) is 0 Å². The minimum Gasteiger partial charge on any atom is -0.480 e. The Bertz CT molecular complexity index is 982. The number of H-pyrrole nitrogens is 1. The maximum atomic E-state index is 13.3. The summed E-state index contributed by atoms with van der Waals surface area (Å²) in [6.07, 6.45) is 2.95. The van der Waals surface area contributed by atoms with E-state index in [0.717, 1.165) is 5.56 Å². The highest BCUT2D eigenvalue weighted by atomic mass is 16.4. The Kier molecular flexibility index (Phi) is 10.4. The van der Waals surface area contributed by atoms with Crippen LogP contribution in [0.15, 0.2) is 42.9 Å². The van der Waals surface area contributed by atoms with Crippen molar-refractivity contribution in [3.8, 4) is 0 Å². The smallest absolute Gasteiger partial charge is 0.328 e. The first kappa shape index (κ1) is 27.5. The predicted octanol–water partition coefficient (Wildman–Crippen LogP) is -1.29. The molecule has 0 radical (unpaired) electrons. The molecule has 0 aliphatic rings. The van der Waals surface area contributed by atoms with Crippen molar-refractivity contribution in [2.75, 3.05) is 6.61 Å². The highest BCUT2D eigenvalue weighted by Crippen LogP contribution is 2.07. The number of imidazole rings is 1. The highest BCUT2D eigenvalue weighted by molar-refractivity contribution is 5.94. The van der Waals surface area contributed by atoms with Gasteiger partial charge in [-0.3, -0.25) is 14.4 Å². The van der Waals surface area contributed by atoms with Gasteiger partial charge < -0.3 is 36.9 Å². The van der Waals surface area contributed by atoms with Crippen molar-refractivity contribution in [2.45, 2.75) is 50.9 Å². The molecule has 12 nitrogen and oxygen atoms in total. The predicted molar refractivity (Wildman–Crippen MR) is 126 cm³/mol. The molecule has 8 N–H and O–H groups in total. The Morgan fingerprint density at radius 2 is 1.51 bits per heavy atom. The first-order chi connectivity index (χ1) is 16.6. The summed E-state index contributed by atoms with van der Waals surface area (Å²) in [7, 11) is 0. The fourth-order valence-corrected chi connectivity index (χ4v) is 3.19. The van der Waals surface area contributed by atoms with Gasteiger partial charge in [0.2, 0.25) is 17.7 Å². The van der Waals surface area contributed by atoms with Crippen LogP contribution in [0.1, 0.15) is 25.1 Å². The van der Waals surface area contributed by atoms with Crippen molar-refractivity contribution in [3.63, 3.8) is 0 Å². The minimum absolute atomic E-state index is 0.0349. The zero-order chi connectivity index (χ0) is 26.0. The van der Waals surface area contributed by atoms with Crippen LogP contribution in [0.4, 0.5) is 0 Å². The molecule has 1 heterocycles. The summed E-state index contributed by atoms with van der Waals surface area (Å²) in [4.78, 5) is 56.7. The van der Waals surface area contributed by atoms with Crippen LogP contribution in [0, 0.1) is 5.92 Å². The van der Waals surface area contributed by atoms with Gasteiger partial charge in [0.05, 0.1) is 19.0 Å². The summed E-state index contributed by atoms with van der Waals surface area (Å²) in [6, 6.07) is 4.33. The Labute approximate surface area is 202 Å². The van der Waals surface area contributed by atoms with E-state index in [1.807, 2.05) is 6.07 Å². The summed E-state index contributed by atoms with van der Waals surface area (Å²) in [5, 5.41) is 25.9. The average molecular weight is 489 g/mol. The second kappa shape index (κ2) is 13.2. The van der Waals surface area contributed by atoms with Crippen LogP contribution in [-0.2, 0) is 32.0 Å². The lowest BCUT2D eigenvalue weighted by Gasteiger charge is -2.25. The molecular weight excluding hydrogens is 456 g/mol. The molecule has 0 saturated carbocycles. The SMILES string of the molecule is CC(C)C(N)C(=O)NC(Cc1ccccc1)C(=O)NC(Cc1cnc[nH]1)C(=O)NC(CO)C(=O)O. The number of nitrogens with zero attached hydrogens (tertiary/aromatic N) is 1. The third kappa shape index (κ3) is 8.50. The molecule has 0 fully saturated rings. The lowest BCUT2D eigenvalue weighted by atomic mass is 10.0. The van der Waals surface area contributed by atoms with Gasteiger partial charge in [0.1, 0.15) is 18.1 Å². The molecule has 4 atom stereocenters. The second-order valence-electron chi connectivity index (χ2n) is 8.44. The monoisotopic (exact) mass is 488 g/mol. The first-order valence-corrected chi connectivity index (χ1v) is 11.1. The molecule has 4 unspecified atom stereocenters. The maximum Gasteiger partial charge on any atom is 0.328 e. The van der Waals surface area contributed by atoms with Crippen molar-refractivity contribution in [1.82, 2.24) is 25.9 Å². The molecule has 35 heavy (non-hydrogen) atoms. The fraction of sp³-hybridized carbons (Fsp3) is 0.435. The molecule has 0 bridgehead atoms. The van der Waals surface area contributed by atoms with Crippen molar-refractivity contribution in [1.29, 1.82) is 0 Å². The van der Waals surface area contributed by atoms with E-state index in [1.165, 1.54) is 12.5 Å². The third-order valence-corrected chi connectivity index (χ3v) is 5.35. The molecule has 2 rings (SSSR count). The zero-order valence-corrected chi connectivity index (χ0v) is 19.6. The normalized spacial score (nSPS) is 14.4. The number of rotatable bonds is 13. The molecule has 0 saturated heterocycles. The minimum atomic E-state index is -1.55. The largest absolute Gasteiger partial charge is 0.480 e. The van der Waals surface area contributed by atoms with Gasteiger partial charge in [-0.15, -0.1) is 0 Å². The highest BCUT2D eigenvalue weighted by Gasteiger charge is 2.31. The lowest BCUT2D eigenvalue weighted by Crippen LogP contribution is -2.58. The Balaban J connectivity index is 2.25. The van der Waals surface area contributed by atoms with Gasteiger partial charge in [-0.05, 0) is 11.5 Å². The van der Waals surface area contributed by atoms with E-state index in [4.69, 9.17) is 10.8 Å². The number of carboxylic acid groups (broad SMARTS) is 1. The number of amides is 3. The number of carbonyl (C=O) groups is 4. The Hall–Kier alpha value is -3.77. The van der Waals surface area contributed by atoms with E-state index in [-0.39, 0.29) is 18.8 Å². The summed E-state index contributed by atoms with van der Waals surface area (Å²) in [6.45, 7) is 2.73. The topological polar surface area (TPSA) is 200 Å². The number of aliphatic hydroxyl groups excluding tert-OH is 1. The fourth-order valence-electron chi connectivity index (χ4n) is 3.19. The molecule has 2 aromatic rings. The molecular formula is C23H32N6O6. The van der Waals surface area contributed by atoms with Crippen LogP contribution in [0.2, 0.25) is 0 Å². The standard InChI is InChI=1S/C23H32N6O6/c1-13(2)19(24)22(33)28-16(8-14-6-4-3-5-7-14)20(31)27-17(9-15-10-25-12-26-15)21(32)29-18(11-30)23(34)35/h3-7,10,12-13,16-19,30H,8-9,11,24H2,1-2H3,(H,25,26)(H,27,31)(H,28,33)(H,29,32)(H,34,35). The van der Waals surface area contributed by atoms with E-state index in [0.29, 0.717) is 5.69 Å². The van der Waals surface area contributed by atoms with E-state index >= 15 is 0 Å². The van der Waals surface area contributed by atoms with Crippen molar-refractivity contribution in [3.05, 3.63) is 54.1 Å². The number of aliphatic hydroxyl groups is 1. The molecule has 190 valence electrons. The van der Waals surface area contributed by atoms with Gasteiger partial charge >= 0.3 is 5.97 Å². The van der Waals surface area contributed by atoms with E-state index in [9.17, 15) is 24.3 Å². The molecule has 1 aromatic heterocycles. The van der Waals surface area contributed by atoms with Gasteiger partial charge in [-0.1, -0.05) is 44.2 Å². The lowest BCUT2D eigenvalue weighted by molar-refractivity contribution is -0.143. The number of hydrogen-bond donors (Lipinski definition) is 7. The number of nitrogens with two attached hydrogens (primary N) is 1. The Morgan fingerprint density at radius 1 is 0.943 bits per heavy atom. The quantitative estimate of drug-likeness (QED) is 0.180. The summed E-state index contributed by atoms with van der Waals surface area (Å²) in [5.74, 6) is -3.59. The van der Waals surface area contributed by atoms with Crippen molar-refractivity contribution >= 4 is 23.7 Å². The molecule has 0 aliphatic carbocycles. The Morgan fingerprint density at radius 3 is 2.03 bits per heavy atom. The number of aliphatic carboxylic acids is 1. The maximum absolute atomic E-state index is 13.3. The first-order valence-electron chi connectivity index (χ1n) is 11.1. The van der Waals surface area contributed by atoms with Gasteiger partial charge in [0.25, 0.3) is 0 Å². The van der Waals surface area contributed by atoms with Crippen LogP contribution in [0.25, 0.3) is 0 Å². The van der Waals surface area contributed by atoms with Crippen LogP contribution >= 0.6 is 0 Å². The second-order valence-corrected chi connectivity index (χ2v) is 8.44. The zero-order valence-electron chi connectivity index (χ0n) is 19.6. The van der Waals surface area contributed by atoms with Crippen LogP contribution in [0.3, 0.4) is 0 Å². The molecule has 1 aromatic carbocycles. The summed E-state index contributed by atoms with van der Waals surface area (Å²) < 4.78 is 0. The van der Waals surface area contributed by atoms with Gasteiger partial charge in [0.15, 0.2) is 0 Å². The number of carboxylic acids is 1. The van der Waals surface area contributed by atoms with Crippen LogP contribution in [-0.4, -0.2) is 74.6 Å². The van der Waals surface area contributed by atoms with E-state index < -0.39 is 54.5 Å². The number of benzene rings is 1. The van der Waals surface area contributed by atoms with Gasteiger partial charge in [0, 0.05) is 24.7 Å². The average Bonchev–Trinajstić information content (AvgIpc) is 3.34. The third-order valence-electron chi connectivity index (χ3n) is 5.35. The number of carbonyl (C=O) groups excluding carboxylic acids is 3. The molecule has 12 heteroatoms. The number of hydrogen-bond acceptors (Lipinski definition) is 7. The van der Waals surface area contributed by atoms with Crippen molar-refractivity contribution < 1.29 is 29.4 Å². The van der Waals surface area contributed by atoms with Gasteiger partial charge in [-0.25, -0.2) is 9.78 Å².